The Kier molecular flexibility index (Phi) is 15.4. The van der Waals surface area contributed by atoms with Gasteiger partial charge in [-0.3, -0.25) is 33.7 Å². The molecule has 3 heterocycles. The number of rotatable bonds is 9. The standard InChI is InChI=1S/C41H62N6O8/c1-8-20-42-36(50)34(48)30-14-12-10-9-11-13-22-55-26(4)32(39(53)46-21-19-27(16-15-25(2)3)33(46)35(49)43-30)45-40(54)44-31(41(5,6)7)24-47-37(51)28-17-18-29(23-28)38(47)52/h8,16,26-33H,1,9-14,17-24H2,2-7H3,(H,42,50)(H,43,49)(H2,44,45,54)/t26-,27-,28?,29?,30-,31+,32-,33-/m0/s1. The predicted octanol–water partition coefficient (Wildman–Crippen LogP) is 3.31. The predicted molar refractivity (Wildman–Crippen MR) is 206 cm³/mol. The van der Waals surface area contributed by atoms with Crippen LogP contribution < -0.4 is 21.3 Å². The van der Waals surface area contributed by atoms with Gasteiger partial charge in [0, 0.05) is 44.0 Å². The fourth-order valence-electron chi connectivity index (χ4n) is 7.91. The molecule has 7 amide bonds. The molecule has 3 saturated heterocycles. The van der Waals surface area contributed by atoms with E-state index < -0.39 is 71.1 Å². The van der Waals surface area contributed by atoms with Gasteiger partial charge in [0.1, 0.15) is 12.1 Å². The van der Waals surface area contributed by atoms with Crippen LogP contribution in [0.1, 0.15) is 106 Å². The Hall–Kier alpha value is -4.29. The summed E-state index contributed by atoms with van der Waals surface area (Å²) in [5.74, 6) is -3.97. The molecule has 4 fully saturated rings. The van der Waals surface area contributed by atoms with Gasteiger partial charge in [-0.15, -0.1) is 12.3 Å². The fourth-order valence-corrected chi connectivity index (χ4v) is 7.91. The number of hydrogen-bond acceptors (Lipinski definition) is 8. The third kappa shape index (κ3) is 11.4. The Morgan fingerprint density at radius 2 is 1.62 bits per heavy atom. The van der Waals surface area contributed by atoms with E-state index in [0.29, 0.717) is 45.1 Å². The molecule has 0 spiro atoms. The van der Waals surface area contributed by atoms with Crippen molar-refractivity contribution in [2.75, 3.05) is 26.2 Å². The second-order valence-electron chi connectivity index (χ2n) is 16.8. The van der Waals surface area contributed by atoms with Gasteiger partial charge in [-0.25, -0.2) is 4.79 Å². The maximum Gasteiger partial charge on any atom is 0.315 e. The first-order valence-electron chi connectivity index (χ1n) is 20.0. The third-order valence-corrected chi connectivity index (χ3v) is 11.3. The van der Waals surface area contributed by atoms with E-state index in [1.807, 2.05) is 34.6 Å². The number of nitrogens with zero attached hydrogens (tertiary/aromatic N) is 2. The number of imide groups is 1. The molecule has 0 aromatic heterocycles. The normalized spacial score (nSPS) is 28.7. The molecule has 14 heteroatoms. The molecule has 0 aromatic carbocycles. The van der Waals surface area contributed by atoms with Crippen LogP contribution in [0.25, 0.3) is 0 Å². The molecular formula is C41H62N6O8. The van der Waals surface area contributed by atoms with Crippen molar-refractivity contribution >= 4 is 41.4 Å². The Labute approximate surface area is 325 Å². The van der Waals surface area contributed by atoms with Crippen molar-refractivity contribution in [1.82, 2.24) is 31.1 Å². The number of Topliss-reactive ketones (excluding diaryl/α,β-unsaturated/α-hetero) is 1. The zero-order valence-corrected chi connectivity index (χ0v) is 33.5. The van der Waals surface area contributed by atoms with Crippen molar-refractivity contribution in [1.29, 1.82) is 0 Å². The Balaban J connectivity index is 1.62. The fraction of sp³-hybridized carbons (Fsp3) is 0.707. The molecular weight excluding hydrogens is 704 g/mol. The first-order chi connectivity index (χ1) is 26.0. The van der Waals surface area contributed by atoms with Gasteiger partial charge < -0.3 is 30.9 Å². The summed E-state index contributed by atoms with van der Waals surface area (Å²) in [6.45, 7) is 15.4. The van der Waals surface area contributed by atoms with E-state index in [1.54, 1.807) is 13.0 Å². The monoisotopic (exact) mass is 766 g/mol. The highest BCUT2D eigenvalue weighted by atomic mass is 16.5. The van der Waals surface area contributed by atoms with E-state index in [1.165, 1.54) is 15.9 Å². The molecule has 2 unspecified atom stereocenters. The maximum atomic E-state index is 14.6. The van der Waals surface area contributed by atoms with E-state index in [2.05, 4.69) is 33.6 Å². The average molecular weight is 767 g/mol. The lowest BCUT2D eigenvalue weighted by atomic mass is 9.85. The molecule has 0 radical (unpaired) electrons. The highest BCUT2D eigenvalue weighted by molar-refractivity contribution is 6.38. The summed E-state index contributed by atoms with van der Waals surface area (Å²) in [6.07, 6.45) is 8.79. The highest BCUT2D eigenvalue weighted by Crippen LogP contribution is 2.38. The number of likely N-dealkylation sites (tertiary alicyclic amines) is 1. The van der Waals surface area contributed by atoms with Crippen molar-refractivity contribution in [3.05, 3.63) is 30.0 Å². The quantitative estimate of drug-likeness (QED) is 0.119. The van der Waals surface area contributed by atoms with Crippen LogP contribution in [0.5, 0.6) is 0 Å². The van der Waals surface area contributed by atoms with Crippen LogP contribution in [0.2, 0.25) is 0 Å². The van der Waals surface area contributed by atoms with E-state index in [4.69, 9.17) is 4.74 Å². The van der Waals surface area contributed by atoms with Crippen molar-refractivity contribution in [2.45, 2.75) is 136 Å². The van der Waals surface area contributed by atoms with Gasteiger partial charge >= 0.3 is 6.03 Å². The van der Waals surface area contributed by atoms with Crippen LogP contribution in [-0.2, 0) is 33.5 Å². The Bertz CT molecular complexity index is 1520. The zero-order valence-electron chi connectivity index (χ0n) is 33.5. The van der Waals surface area contributed by atoms with Gasteiger partial charge in [-0.1, -0.05) is 52.5 Å². The lowest BCUT2D eigenvalue weighted by Crippen LogP contribution is -2.62. The number of piperidine rings is 1. The lowest BCUT2D eigenvalue weighted by molar-refractivity contribution is -0.153. The lowest BCUT2D eigenvalue weighted by Gasteiger charge is -2.38. The molecule has 4 N–H and O–H groups in total. The minimum atomic E-state index is -1.22. The van der Waals surface area contributed by atoms with Crippen LogP contribution in [-0.4, -0.2) is 108 Å². The second-order valence-corrected chi connectivity index (χ2v) is 16.8. The molecule has 3 aliphatic heterocycles. The topological polar surface area (TPSA) is 183 Å². The van der Waals surface area contributed by atoms with Crippen LogP contribution >= 0.6 is 0 Å². The van der Waals surface area contributed by atoms with Crippen molar-refractivity contribution in [3.8, 4) is 0 Å². The van der Waals surface area contributed by atoms with E-state index in [9.17, 15) is 33.6 Å². The van der Waals surface area contributed by atoms with Crippen LogP contribution in [0.3, 0.4) is 0 Å². The van der Waals surface area contributed by atoms with Gasteiger partial charge in [0.15, 0.2) is 0 Å². The average Bonchev–Trinajstić information content (AvgIpc) is 3.78. The van der Waals surface area contributed by atoms with Gasteiger partial charge in [-0.2, -0.15) is 0 Å². The van der Waals surface area contributed by atoms with E-state index in [0.717, 1.165) is 24.8 Å². The Morgan fingerprint density at radius 1 is 0.964 bits per heavy atom. The maximum absolute atomic E-state index is 14.6. The summed E-state index contributed by atoms with van der Waals surface area (Å²) in [5, 5.41) is 11.1. The minimum Gasteiger partial charge on any atom is -0.376 e. The number of fused-ring (bicyclic) bond motifs is 3. The SMILES string of the molecule is C=CCNC(=O)C(=O)[C@@H]1CCCCCCCO[C@@H](C)[C@H](NC(=O)N[C@H](CN2C(=O)C3CCC(C3)C2=O)C(C)(C)C)C(=O)N2CC[C@H](C=C=C(C)C)[C@H]2C(=O)N1. The van der Waals surface area contributed by atoms with Gasteiger partial charge in [-0.05, 0) is 76.4 Å². The molecule has 304 valence electrons. The van der Waals surface area contributed by atoms with Gasteiger partial charge in [0.2, 0.25) is 29.4 Å². The molecule has 4 rings (SSSR count). The van der Waals surface area contributed by atoms with E-state index in [-0.39, 0.29) is 49.7 Å². The molecule has 4 aliphatic rings. The largest absolute Gasteiger partial charge is 0.376 e. The van der Waals surface area contributed by atoms with Gasteiger partial charge in [0.25, 0.3) is 5.91 Å². The summed E-state index contributed by atoms with van der Waals surface area (Å²) in [7, 11) is 0. The highest BCUT2D eigenvalue weighted by Gasteiger charge is 2.48. The number of ether oxygens (including phenoxy) is 1. The number of ketones is 1. The molecule has 1 aliphatic carbocycles. The molecule has 55 heavy (non-hydrogen) atoms. The number of carbonyl (C=O) groups excluding carboxylic acids is 7. The minimum absolute atomic E-state index is 0.00446. The third-order valence-electron chi connectivity index (χ3n) is 11.3. The summed E-state index contributed by atoms with van der Waals surface area (Å²) < 4.78 is 6.16. The van der Waals surface area contributed by atoms with Crippen molar-refractivity contribution in [2.24, 2.45) is 23.2 Å². The molecule has 14 nitrogen and oxygen atoms in total. The number of urea groups is 1. The van der Waals surface area contributed by atoms with Crippen LogP contribution in [0.4, 0.5) is 4.79 Å². The van der Waals surface area contributed by atoms with Crippen LogP contribution in [0.15, 0.2) is 30.0 Å². The number of carbonyl (C=O) groups is 7. The first kappa shape index (κ1) is 43.4. The summed E-state index contributed by atoms with van der Waals surface area (Å²) in [5.41, 5.74) is 3.47. The molecule has 1 saturated carbocycles. The van der Waals surface area contributed by atoms with Crippen LogP contribution in [0, 0.1) is 23.2 Å². The second kappa shape index (κ2) is 19.5. The number of amides is 7. The number of hydrogen-bond donors (Lipinski definition) is 4. The summed E-state index contributed by atoms with van der Waals surface area (Å²) in [6, 6.07) is -4.70. The summed E-state index contributed by atoms with van der Waals surface area (Å²) in [4.78, 5) is 98.0. The molecule has 2 bridgehead atoms. The van der Waals surface area contributed by atoms with Gasteiger partial charge in [0.05, 0.1) is 18.2 Å². The van der Waals surface area contributed by atoms with Crippen molar-refractivity contribution < 1.29 is 38.3 Å². The van der Waals surface area contributed by atoms with Crippen molar-refractivity contribution in [3.63, 3.8) is 0 Å². The number of nitrogens with one attached hydrogen (secondary N) is 4. The molecule has 0 aromatic rings. The molecule has 8 atom stereocenters. The Morgan fingerprint density at radius 3 is 2.25 bits per heavy atom. The first-order valence-corrected chi connectivity index (χ1v) is 20.0. The zero-order chi connectivity index (χ0) is 40.4. The van der Waals surface area contributed by atoms with E-state index >= 15 is 0 Å². The smallest absolute Gasteiger partial charge is 0.315 e. The summed E-state index contributed by atoms with van der Waals surface area (Å²) >= 11 is 0.